The fourth-order valence-corrected chi connectivity index (χ4v) is 3.71. The summed E-state index contributed by atoms with van der Waals surface area (Å²) in [5, 5.41) is 10.1. The Morgan fingerprint density at radius 3 is 2.57 bits per heavy atom. The van der Waals surface area contributed by atoms with Crippen molar-refractivity contribution in [3.63, 3.8) is 0 Å². The van der Waals surface area contributed by atoms with E-state index >= 15 is 0 Å². The van der Waals surface area contributed by atoms with Crippen LogP contribution in [0.4, 0.5) is 0 Å². The normalized spacial score (nSPS) is 35.4. The van der Waals surface area contributed by atoms with Crippen molar-refractivity contribution in [2.45, 2.75) is 24.5 Å². The highest BCUT2D eigenvalue weighted by Gasteiger charge is 2.51. The highest BCUT2D eigenvalue weighted by Crippen LogP contribution is 2.32. The Labute approximate surface area is 84.2 Å². The maximum atomic E-state index is 11.2. The molecule has 0 aromatic rings. The average Bonchev–Trinajstić information content (AvgIpc) is 2.27. The molecule has 0 aliphatic carbocycles. The number of nitrogens with two attached hydrogens (primary N) is 1. The van der Waals surface area contributed by atoms with Gasteiger partial charge in [-0.3, -0.25) is 0 Å². The van der Waals surface area contributed by atoms with Gasteiger partial charge in [0.15, 0.2) is 9.84 Å². The Kier molecular flexibility index (Phi) is 2.93. The molecule has 2 unspecified atom stereocenters. The molecule has 0 amide bonds. The molecule has 1 fully saturated rings. The summed E-state index contributed by atoms with van der Waals surface area (Å²) in [4.78, 5) is 0. The van der Waals surface area contributed by atoms with Crippen molar-refractivity contribution in [3.8, 4) is 0 Å². The van der Waals surface area contributed by atoms with Crippen molar-refractivity contribution in [2.75, 3.05) is 25.2 Å². The Bertz CT molecular complexity index is 311. The van der Waals surface area contributed by atoms with Gasteiger partial charge >= 0.3 is 0 Å². The molecular weight excluding hydrogens is 206 g/mol. The van der Waals surface area contributed by atoms with Gasteiger partial charge in [0.25, 0.3) is 0 Å². The molecule has 1 aliphatic heterocycles. The van der Waals surface area contributed by atoms with Gasteiger partial charge < -0.3 is 15.6 Å². The lowest BCUT2D eigenvalue weighted by atomic mass is 9.82. The maximum Gasteiger partial charge on any atom is 0.153 e. The van der Waals surface area contributed by atoms with Crippen LogP contribution in [0, 0.1) is 0 Å². The Hall–Kier alpha value is -0.170. The second kappa shape index (κ2) is 3.44. The minimum atomic E-state index is -3.14. The minimum absolute atomic E-state index is 0.00000425. The molecule has 1 rings (SSSR count). The van der Waals surface area contributed by atoms with Crippen LogP contribution in [-0.2, 0) is 14.6 Å². The number of methoxy groups -OCH3 is 1. The molecule has 84 valence electrons. The van der Waals surface area contributed by atoms with E-state index in [0.717, 1.165) is 0 Å². The molecule has 5 nitrogen and oxygen atoms in total. The van der Waals surface area contributed by atoms with Gasteiger partial charge in [0.2, 0.25) is 0 Å². The highest BCUT2D eigenvalue weighted by molar-refractivity contribution is 7.91. The van der Waals surface area contributed by atoms with Crippen molar-refractivity contribution < 1.29 is 18.3 Å². The van der Waals surface area contributed by atoms with Crippen molar-refractivity contribution in [1.82, 2.24) is 0 Å². The molecule has 1 saturated heterocycles. The summed E-state index contributed by atoms with van der Waals surface area (Å²) in [5.74, 6) is -0.267. The molecule has 0 spiro atoms. The molecular formula is C8H17NO4S. The first-order valence-corrected chi connectivity index (χ1v) is 6.25. The van der Waals surface area contributed by atoms with Gasteiger partial charge in [0.1, 0.15) is 0 Å². The first-order chi connectivity index (χ1) is 6.22. The largest absolute Gasteiger partial charge is 0.387 e. The summed E-state index contributed by atoms with van der Waals surface area (Å²) in [5.41, 5.74) is 3.47. The third-order valence-electron chi connectivity index (χ3n) is 2.79. The Morgan fingerprint density at radius 2 is 2.21 bits per heavy atom. The summed E-state index contributed by atoms with van der Waals surface area (Å²) >= 11 is 0. The van der Waals surface area contributed by atoms with Crippen LogP contribution in [0.25, 0.3) is 0 Å². The monoisotopic (exact) mass is 223 g/mol. The summed E-state index contributed by atoms with van der Waals surface area (Å²) in [6, 6.07) is 0. The van der Waals surface area contributed by atoms with Crippen molar-refractivity contribution >= 4 is 9.84 Å². The lowest BCUT2D eigenvalue weighted by Gasteiger charge is -2.38. The van der Waals surface area contributed by atoms with E-state index in [1.165, 1.54) is 7.11 Å². The number of aliphatic hydroxyl groups is 1. The SMILES string of the molecule is COCC(C)(N)C1(O)CCS(=O)(=O)C1. The van der Waals surface area contributed by atoms with Gasteiger partial charge in [-0.2, -0.15) is 0 Å². The molecule has 14 heavy (non-hydrogen) atoms. The molecule has 0 aromatic heterocycles. The van der Waals surface area contributed by atoms with Crippen LogP contribution < -0.4 is 5.73 Å². The summed E-state index contributed by atoms with van der Waals surface area (Å²) in [7, 11) is -1.67. The van der Waals surface area contributed by atoms with Gasteiger partial charge in [0, 0.05) is 7.11 Å². The number of sulfone groups is 1. The number of hydrogen-bond acceptors (Lipinski definition) is 5. The molecule has 6 heteroatoms. The fraction of sp³-hybridized carbons (Fsp3) is 1.00. The van der Waals surface area contributed by atoms with E-state index in [0.29, 0.717) is 0 Å². The van der Waals surface area contributed by atoms with Crippen molar-refractivity contribution in [1.29, 1.82) is 0 Å². The predicted molar refractivity (Wildman–Crippen MR) is 52.7 cm³/mol. The van der Waals surface area contributed by atoms with Gasteiger partial charge in [-0.1, -0.05) is 0 Å². The van der Waals surface area contributed by atoms with Crippen LogP contribution in [0.2, 0.25) is 0 Å². The molecule has 0 aromatic carbocycles. The zero-order valence-electron chi connectivity index (χ0n) is 8.49. The molecule has 2 atom stereocenters. The topological polar surface area (TPSA) is 89.6 Å². The lowest BCUT2D eigenvalue weighted by molar-refractivity contribution is -0.0378. The second-order valence-corrected chi connectivity index (χ2v) is 6.41. The quantitative estimate of drug-likeness (QED) is 0.634. The standard InChI is InChI=1S/C8H17NO4S/c1-7(9,5-13-2)8(10)3-4-14(11,12)6-8/h10H,3-6,9H2,1-2H3. The summed E-state index contributed by atoms with van der Waals surface area (Å²) in [6.07, 6.45) is 0.186. The number of ether oxygens (including phenoxy) is 1. The number of rotatable bonds is 3. The van der Waals surface area contributed by atoms with E-state index in [-0.39, 0.29) is 24.5 Å². The molecule has 1 heterocycles. The Morgan fingerprint density at radius 1 is 1.64 bits per heavy atom. The van der Waals surface area contributed by atoms with Crippen LogP contribution in [0.5, 0.6) is 0 Å². The average molecular weight is 223 g/mol. The van der Waals surface area contributed by atoms with E-state index in [4.69, 9.17) is 10.5 Å². The van der Waals surface area contributed by atoms with Gasteiger partial charge in [-0.05, 0) is 13.3 Å². The van der Waals surface area contributed by atoms with E-state index < -0.39 is 21.0 Å². The van der Waals surface area contributed by atoms with Crippen molar-refractivity contribution in [2.24, 2.45) is 5.73 Å². The lowest BCUT2D eigenvalue weighted by Crippen LogP contribution is -2.62. The molecule has 3 N–H and O–H groups in total. The summed E-state index contributed by atoms with van der Waals surface area (Å²) < 4.78 is 27.4. The Balaban J connectivity index is 2.87. The van der Waals surface area contributed by atoms with Crippen LogP contribution in [0.1, 0.15) is 13.3 Å². The molecule has 0 bridgehead atoms. The van der Waals surface area contributed by atoms with Crippen LogP contribution >= 0.6 is 0 Å². The van der Waals surface area contributed by atoms with Crippen LogP contribution in [-0.4, -0.2) is 49.9 Å². The zero-order chi connectivity index (χ0) is 11.0. The van der Waals surface area contributed by atoms with Gasteiger partial charge in [0.05, 0.1) is 29.3 Å². The van der Waals surface area contributed by atoms with E-state index in [2.05, 4.69) is 0 Å². The predicted octanol–water partition coefficient (Wildman–Crippen LogP) is -1.10. The van der Waals surface area contributed by atoms with E-state index in [1.54, 1.807) is 6.92 Å². The first kappa shape index (κ1) is 11.9. The molecule has 1 aliphatic rings. The van der Waals surface area contributed by atoms with Crippen LogP contribution in [0.15, 0.2) is 0 Å². The fourth-order valence-electron chi connectivity index (χ4n) is 1.72. The molecule has 0 saturated carbocycles. The first-order valence-electron chi connectivity index (χ1n) is 4.43. The third-order valence-corrected chi connectivity index (χ3v) is 4.54. The maximum absolute atomic E-state index is 11.2. The van der Waals surface area contributed by atoms with E-state index in [9.17, 15) is 13.5 Å². The van der Waals surface area contributed by atoms with E-state index in [1.807, 2.05) is 0 Å². The third kappa shape index (κ3) is 2.08. The molecule has 0 radical (unpaired) electrons. The summed E-state index contributed by atoms with van der Waals surface area (Å²) in [6.45, 7) is 1.75. The van der Waals surface area contributed by atoms with Crippen LogP contribution in [0.3, 0.4) is 0 Å². The van der Waals surface area contributed by atoms with Crippen molar-refractivity contribution in [3.05, 3.63) is 0 Å². The smallest absolute Gasteiger partial charge is 0.153 e. The minimum Gasteiger partial charge on any atom is -0.387 e. The highest BCUT2D eigenvalue weighted by atomic mass is 32.2. The van der Waals surface area contributed by atoms with Gasteiger partial charge in [-0.25, -0.2) is 8.42 Å². The van der Waals surface area contributed by atoms with Gasteiger partial charge in [-0.15, -0.1) is 0 Å². The second-order valence-electron chi connectivity index (χ2n) is 4.22. The number of hydrogen-bond donors (Lipinski definition) is 2. The zero-order valence-corrected chi connectivity index (χ0v) is 9.30.